The third-order valence-corrected chi connectivity index (χ3v) is 5.61. The first-order chi connectivity index (χ1) is 15.5. The average Bonchev–Trinajstić information content (AvgIpc) is 2.75. The summed E-state index contributed by atoms with van der Waals surface area (Å²) in [5.41, 5.74) is 12.0. The van der Waals surface area contributed by atoms with Crippen LogP contribution in [0.2, 0.25) is 0 Å². The molecule has 12 nitrogen and oxygen atoms in total. The summed E-state index contributed by atoms with van der Waals surface area (Å²) in [5.74, 6) is -5.55. The van der Waals surface area contributed by atoms with Crippen molar-refractivity contribution in [2.75, 3.05) is 11.5 Å². The minimum Gasteiger partial charge on any atom is -0.480 e. The number of carboxylic acids is 3. The highest BCUT2D eigenvalue weighted by atomic mass is 32.2. The van der Waals surface area contributed by atoms with E-state index >= 15 is 0 Å². The van der Waals surface area contributed by atoms with Crippen molar-refractivity contribution < 1.29 is 39.3 Å². The average molecular weight is 485 g/mol. The van der Waals surface area contributed by atoms with E-state index in [-0.39, 0.29) is 30.8 Å². The zero-order valence-corrected chi connectivity index (χ0v) is 18.5. The fourth-order valence-corrected chi connectivity index (χ4v) is 3.59. The van der Waals surface area contributed by atoms with E-state index in [9.17, 15) is 34.2 Å². The van der Waals surface area contributed by atoms with Gasteiger partial charge in [0.1, 0.15) is 18.1 Å². The number of aliphatic carboxylic acids is 3. The SMILES string of the molecule is N[C@H](Cc1ccccc1)C(=O)N[C@H](CCC(=O)N[C@H](CSC[C@H](N)C(=O)O)C(=O)O)C(=O)O. The Morgan fingerprint density at radius 3 is 1.97 bits per heavy atom. The fourth-order valence-electron chi connectivity index (χ4n) is 2.60. The minimum atomic E-state index is -1.39. The van der Waals surface area contributed by atoms with E-state index in [0.717, 1.165) is 17.3 Å². The van der Waals surface area contributed by atoms with E-state index in [1.54, 1.807) is 30.3 Å². The Balaban J connectivity index is 2.54. The van der Waals surface area contributed by atoms with Crippen molar-refractivity contribution in [2.45, 2.75) is 43.4 Å². The highest BCUT2D eigenvalue weighted by Gasteiger charge is 2.26. The van der Waals surface area contributed by atoms with Gasteiger partial charge in [0.2, 0.25) is 11.8 Å². The van der Waals surface area contributed by atoms with Crippen LogP contribution in [0.25, 0.3) is 0 Å². The Morgan fingerprint density at radius 1 is 0.818 bits per heavy atom. The number of hydrogen-bond acceptors (Lipinski definition) is 8. The lowest BCUT2D eigenvalue weighted by molar-refractivity contribution is -0.143. The van der Waals surface area contributed by atoms with Gasteiger partial charge in [0.25, 0.3) is 0 Å². The number of nitrogens with two attached hydrogens (primary N) is 2. The van der Waals surface area contributed by atoms with Crippen molar-refractivity contribution in [2.24, 2.45) is 11.5 Å². The van der Waals surface area contributed by atoms with Crippen LogP contribution >= 0.6 is 11.8 Å². The van der Waals surface area contributed by atoms with Gasteiger partial charge >= 0.3 is 17.9 Å². The lowest BCUT2D eigenvalue weighted by Crippen LogP contribution is -2.50. The number of thioether (sulfide) groups is 1. The van der Waals surface area contributed by atoms with Gasteiger partial charge in [0.05, 0.1) is 6.04 Å². The first-order valence-electron chi connectivity index (χ1n) is 9.92. The summed E-state index contributed by atoms with van der Waals surface area (Å²) in [6, 6.07) is 4.04. The molecule has 33 heavy (non-hydrogen) atoms. The molecule has 0 radical (unpaired) electrons. The van der Waals surface area contributed by atoms with Gasteiger partial charge in [0.15, 0.2) is 0 Å². The van der Waals surface area contributed by atoms with Crippen molar-refractivity contribution in [1.29, 1.82) is 0 Å². The minimum absolute atomic E-state index is 0.0503. The van der Waals surface area contributed by atoms with Crippen LogP contribution in [0.1, 0.15) is 18.4 Å². The van der Waals surface area contributed by atoms with Crippen LogP contribution < -0.4 is 22.1 Å². The number of amides is 2. The molecule has 0 bridgehead atoms. The van der Waals surface area contributed by atoms with Crippen molar-refractivity contribution in [3.05, 3.63) is 35.9 Å². The van der Waals surface area contributed by atoms with E-state index in [0.29, 0.717) is 0 Å². The highest BCUT2D eigenvalue weighted by Crippen LogP contribution is 2.07. The molecule has 1 aromatic rings. The summed E-state index contributed by atoms with van der Waals surface area (Å²) >= 11 is 0.943. The third-order valence-electron chi connectivity index (χ3n) is 4.44. The van der Waals surface area contributed by atoms with Crippen LogP contribution in [0.5, 0.6) is 0 Å². The van der Waals surface area contributed by atoms with E-state index in [1.807, 2.05) is 0 Å². The molecular formula is C20H28N4O8S. The lowest BCUT2D eigenvalue weighted by atomic mass is 10.0. The van der Waals surface area contributed by atoms with Gasteiger partial charge in [-0.15, -0.1) is 0 Å². The number of carbonyl (C=O) groups is 5. The van der Waals surface area contributed by atoms with E-state index in [1.165, 1.54) is 0 Å². The first-order valence-corrected chi connectivity index (χ1v) is 11.1. The van der Waals surface area contributed by atoms with Crippen LogP contribution in [0.3, 0.4) is 0 Å². The molecule has 0 heterocycles. The molecule has 0 aliphatic carbocycles. The molecular weight excluding hydrogens is 456 g/mol. The molecule has 0 saturated carbocycles. The summed E-state index contributed by atoms with van der Waals surface area (Å²) < 4.78 is 0. The van der Waals surface area contributed by atoms with Crippen molar-refractivity contribution in [3.8, 4) is 0 Å². The normalized spacial score (nSPS) is 14.4. The van der Waals surface area contributed by atoms with E-state index < -0.39 is 53.9 Å². The standard InChI is InChI=1S/C20H28N4O8S/c21-12(8-11-4-2-1-3-5-11)17(26)24-14(19(29)30)6-7-16(25)23-15(20(31)32)10-33-9-13(22)18(27)28/h1-5,12-15H,6-10,21-22H2,(H,23,25)(H,24,26)(H,27,28)(H,29,30)(H,31,32)/t12-,13+,14-,15-/m1/s1. The Bertz CT molecular complexity index is 839. The number of carbonyl (C=O) groups excluding carboxylic acids is 2. The fraction of sp³-hybridized carbons (Fsp3) is 0.450. The smallest absolute Gasteiger partial charge is 0.327 e. The summed E-state index contributed by atoms with van der Waals surface area (Å²) in [5, 5.41) is 31.8. The summed E-state index contributed by atoms with van der Waals surface area (Å²) in [7, 11) is 0. The number of rotatable bonds is 15. The van der Waals surface area contributed by atoms with Crippen LogP contribution in [-0.4, -0.2) is 80.7 Å². The van der Waals surface area contributed by atoms with Crippen LogP contribution in [0, 0.1) is 0 Å². The van der Waals surface area contributed by atoms with E-state index in [2.05, 4.69) is 10.6 Å². The summed E-state index contributed by atoms with van der Waals surface area (Å²) in [6.45, 7) is 0. The molecule has 13 heteroatoms. The molecule has 0 fully saturated rings. The lowest BCUT2D eigenvalue weighted by Gasteiger charge is -2.19. The zero-order chi connectivity index (χ0) is 25.0. The molecule has 0 aromatic heterocycles. The summed E-state index contributed by atoms with van der Waals surface area (Å²) in [4.78, 5) is 57.9. The van der Waals surface area contributed by atoms with E-state index in [4.69, 9.17) is 16.6 Å². The zero-order valence-electron chi connectivity index (χ0n) is 17.7. The second kappa shape index (κ2) is 14.1. The third kappa shape index (κ3) is 10.8. The Hall–Kier alpha value is -3.16. The predicted molar refractivity (Wildman–Crippen MR) is 119 cm³/mol. The molecule has 1 aromatic carbocycles. The Kier molecular flexibility index (Phi) is 11.9. The maximum absolute atomic E-state index is 12.3. The van der Waals surface area contributed by atoms with Crippen molar-refractivity contribution in [3.63, 3.8) is 0 Å². The van der Waals surface area contributed by atoms with Crippen LogP contribution in [-0.2, 0) is 30.4 Å². The van der Waals surface area contributed by atoms with Crippen LogP contribution in [0.4, 0.5) is 0 Å². The molecule has 2 amide bonds. The number of nitrogens with one attached hydrogen (secondary N) is 2. The second-order valence-corrected chi connectivity index (χ2v) is 8.25. The molecule has 182 valence electrons. The molecule has 0 spiro atoms. The monoisotopic (exact) mass is 484 g/mol. The first kappa shape index (κ1) is 27.9. The van der Waals surface area contributed by atoms with Gasteiger partial charge < -0.3 is 37.4 Å². The molecule has 0 aliphatic rings. The maximum atomic E-state index is 12.3. The summed E-state index contributed by atoms with van der Waals surface area (Å²) in [6.07, 6.45) is -0.453. The Morgan fingerprint density at radius 2 is 1.42 bits per heavy atom. The van der Waals surface area contributed by atoms with Crippen LogP contribution in [0.15, 0.2) is 30.3 Å². The molecule has 0 aliphatic heterocycles. The molecule has 0 saturated heterocycles. The van der Waals surface area contributed by atoms with Gasteiger partial charge in [-0.05, 0) is 18.4 Å². The topological polar surface area (TPSA) is 222 Å². The largest absolute Gasteiger partial charge is 0.480 e. The quantitative estimate of drug-likeness (QED) is 0.154. The maximum Gasteiger partial charge on any atom is 0.327 e. The highest BCUT2D eigenvalue weighted by molar-refractivity contribution is 7.99. The van der Waals surface area contributed by atoms with Crippen molar-refractivity contribution >= 4 is 41.5 Å². The number of benzene rings is 1. The molecule has 0 unspecified atom stereocenters. The van der Waals surface area contributed by atoms with Gasteiger partial charge in [-0.25, -0.2) is 9.59 Å². The van der Waals surface area contributed by atoms with Gasteiger partial charge in [-0.3, -0.25) is 14.4 Å². The number of hydrogen-bond donors (Lipinski definition) is 7. The molecule has 1 rings (SSSR count). The van der Waals surface area contributed by atoms with Crippen molar-refractivity contribution in [1.82, 2.24) is 10.6 Å². The van der Waals surface area contributed by atoms with Gasteiger partial charge in [-0.2, -0.15) is 11.8 Å². The predicted octanol–water partition coefficient (Wildman–Crippen LogP) is -1.38. The van der Waals surface area contributed by atoms with Gasteiger partial charge in [0, 0.05) is 17.9 Å². The molecule has 9 N–H and O–H groups in total. The number of carboxylic acid groups (broad SMARTS) is 3. The second-order valence-electron chi connectivity index (χ2n) is 7.17. The Labute approximate surface area is 194 Å². The molecule has 4 atom stereocenters. The van der Waals surface area contributed by atoms with Gasteiger partial charge in [-0.1, -0.05) is 30.3 Å².